The van der Waals surface area contributed by atoms with Crippen molar-refractivity contribution in [2.75, 3.05) is 5.73 Å². The van der Waals surface area contributed by atoms with Crippen molar-refractivity contribution < 1.29 is 5.11 Å². The molecule has 0 saturated carbocycles. The molecule has 1 aromatic carbocycles. The number of benzene rings is 1. The zero-order valence-electron chi connectivity index (χ0n) is 7.16. The van der Waals surface area contributed by atoms with Crippen molar-refractivity contribution in [1.82, 2.24) is 9.97 Å². The van der Waals surface area contributed by atoms with E-state index >= 15 is 0 Å². The molecule has 72 valence electrons. The molecule has 4 N–H and O–H groups in total. The Labute approximate surface area is 85.4 Å². The Balaban J connectivity index is 2.47. The van der Waals surface area contributed by atoms with E-state index in [2.05, 4.69) is 9.97 Å². The normalized spacial score (nSPS) is 10.4. The highest BCUT2D eigenvalue weighted by Crippen LogP contribution is 2.28. The van der Waals surface area contributed by atoms with Crippen LogP contribution in [-0.4, -0.2) is 15.1 Å². The van der Waals surface area contributed by atoms with Crippen LogP contribution in [-0.2, 0) is 0 Å². The van der Waals surface area contributed by atoms with Gasteiger partial charge < -0.3 is 15.8 Å². The van der Waals surface area contributed by atoms with Crippen molar-refractivity contribution in [3.05, 3.63) is 29.4 Å². The number of H-pyrrole nitrogens is 1. The lowest BCUT2D eigenvalue weighted by molar-refractivity contribution is 0.476. The molecule has 0 unspecified atom stereocenters. The Bertz CT molecular complexity index is 467. The highest BCUT2D eigenvalue weighted by molar-refractivity contribution is 6.32. The first-order valence-corrected chi connectivity index (χ1v) is 4.34. The lowest BCUT2D eigenvalue weighted by Crippen LogP contribution is -1.85. The molecule has 0 aliphatic rings. The van der Waals surface area contributed by atoms with Crippen molar-refractivity contribution in [3.63, 3.8) is 0 Å². The molecule has 0 radical (unpaired) electrons. The Morgan fingerprint density at radius 3 is 2.79 bits per heavy atom. The summed E-state index contributed by atoms with van der Waals surface area (Å²) in [5.74, 6) is 0.381. The number of phenols is 1. The van der Waals surface area contributed by atoms with Gasteiger partial charge in [0.05, 0.1) is 16.9 Å². The zero-order chi connectivity index (χ0) is 10.1. The van der Waals surface area contributed by atoms with Crippen LogP contribution in [0, 0.1) is 0 Å². The number of imidazole rings is 1. The van der Waals surface area contributed by atoms with Crippen LogP contribution in [0.5, 0.6) is 5.75 Å². The van der Waals surface area contributed by atoms with E-state index < -0.39 is 0 Å². The van der Waals surface area contributed by atoms with Gasteiger partial charge in [-0.15, -0.1) is 0 Å². The Hall–Kier alpha value is -1.68. The van der Waals surface area contributed by atoms with Gasteiger partial charge in [0.2, 0.25) is 0 Å². The molecule has 2 aromatic rings. The molecule has 0 bridgehead atoms. The number of aromatic hydroxyl groups is 1. The average Bonchev–Trinajstić information content (AvgIpc) is 2.57. The fourth-order valence-electron chi connectivity index (χ4n) is 1.16. The molecule has 0 atom stereocenters. The Morgan fingerprint density at radius 2 is 2.21 bits per heavy atom. The predicted octanol–water partition coefficient (Wildman–Crippen LogP) is 2.02. The van der Waals surface area contributed by atoms with Crippen LogP contribution in [0.4, 0.5) is 5.95 Å². The number of halogens is 1. The fourth-order valence-corrected chi connectivity index (χ4v) is 1.28. The molecule has 1 heterocycles. The summed E-state index contributed by atoms with van der Waals surface area (Å²) in [6, 6.07) is 4.94. The molecule has 14 heavy (non-hydrogen) atoms. The van der Waals surface area contributed by atoms with Crippen LogP contribution < -0.4 is 5.73 Å². The zero-order valence-corrected chi connectivity index (χ0v) is 7.92. The van der Waals surface area contributed by atoms with Crippen molar-refractivity contribution in [1.29, 1.82) is 0 Å². The molecule has 0 spiro atoms. The van der Waals surface area contributed by atoms with Crippen LogP contribution in [0.2, 0.25) is 5.02 Å². The molecule has 0 aliphatic carbocycles. The number of nitrogens with two attached hydrogens (primary N) is 1. The number of aromatic amines is 1. The molecule has 0 saturated heterocycles. The molecule has 0 amide bonds. The largest absolute Gasteiger partial charge is 0.506 e. The second kappa shape index (κ2) is 3.23. The summed E-state index contributed by atoms with van der Waals surface area (Å²) in [6.07, 6.45) is 1.60. The van der Waals surface area contributed by atoms with Crippen molar-refractivity contribution in [2.45, 2.75) is 0 Å². The predicted molar refractivity (Wildman–Crippen MR) is 55.1 cm³/mol. The smallest absolute Gasteiger partial charge is 0.197 e. The van der Waals surface area contributed by atoms with Crippen LogP contribution in [0.1, 0.15) is 0 Å². The van der Waals surface area contributed by atoms with Gasteiger partial charge >= 0.3 is 0 Å². The topological polar surface area (TPSA) is 74.9 Å². The number of hydrogen-bond donors (Lipinski definition) is 3. The number of phenolic OH excluding ortho intramolecular Hbond substituents is 1. The summed E-state index contributed by atoms with van der Waals surface area (Å²) in [4.78, 5) is 6.70. The van der Waals surface area contributed by atoms with Gasteiger partial charge in [-0.1, -0.05) is 17.7 Å². The maximum Gasteiger partial charge on any atom is 0.197 e. The van der Waals surface area contributed by atoms with Gasteiger partial charge in [-0.05, 0) is 12.1 Å². The van der Waals surface area contributed by atoms with E-state index in [1.807, 2.05) is 0 Å². The quantitative estimate of drug-likeness (QED) is 0.673. The van der Waals surface area contributed by atoms with Gasteiger partial charge in [-0.25, -0.2) is 4.98 Å². The molecule has 0 fully saturated rings. The molecular formula is C9H8ClN3O. The van der Waals surface area contributed by atoms with Gasteiger partial charge in [-0.3, -0.25) is 0 Å². The van der Waals surface area contributed by atoms with Crippen molar-refractivity contribution in [2.24, 2.45) is 0 Å². The third-order valence-electron chi connectivity index (χ3n) is 1.85. The van der Waals surface area contributed by atoms with Crippen LogP contribution in [0.3, 0.4) is 0 Å². The molecule has 1 aromatic heterocycles. The number of nitrogens with zero attached hydrogens (tertiary/aromatic N) is 1. The summed E-state index contributed by atoms with van der Waals surface area (Å²) in [7, 11) is 0. The number of aromatic nitrogens is 2. The van der Waals surface area contributed by atoms with Crippen LogP contribution in [0.25, 0.3) is 11.3 Å². The van der Waals surface area contributed by atoms with E-state index in [1.54, 1.807) is 24.4 Å². The lowest BCUT2D eigenvalue weighted by Gasteiger charge is -1.99. The van der Waals surface area contributed by atoms with Crippen molar-refractivity contribution in [3.8, 4) is 17.0 Å². The van der Waals surface area contributed by atoms with Crippen molar-refractivity contribution >= 4 is 17.5 Å². The molecule has 5 heteroatoms. The minimum atomic E-state index is 0.0392. The van der Waals surface area contributed by atoms with Crippen LogP contribution in [0.15, 0.2) is 24.4 Å². The Kier molecular flexibility index (Phi) is 2.05. The number of rotatable bonds is 1. The summed E-state index contributed by atoms with van der Waals surface area (Å²) in [6.45, 7) is 0. The maximum absolute atomic E-state index is 9.37. The third-order valence-corrected chi connectivity index (χ3v) is 2.17. The van der Waals surface area contributed by atoms with Gasteiger partial charge in [0.1, 0.15) is 5.75 Å². The van der Waals surface area contributed by atoms with E-state index in [1.165, 1.54) is 0 Å². The van der Waals surface area contributed by atoms with Gasteiger partial charge in [-0.2, -0.15) is 0 Å². The number of hydrogen-bond acceptors (Lipinski definition) is 3. The lowest BCUT2D eigenvalue weighted by atomic mass is 10.1. The van der Waals surface area contributed by atoms with Gasteiger partial charge in [0.25, 0.3) is 0 Å². The SMILES string of the molecule is Nc1ncc(-c2ccc(Cl)c(O)c2)[nH]1. The first-order chi connectivity index (χ1) is 6.66. The second-order valence-electron chi connectivity index (χ2n) is 2.85. The highest BCUT2D eigenvalue weighted by Gasteiger charge is 2.04. The first kappa shape index (κ1) is 8.90. The Morgan fingerprint density at radius 1 is 1.43 bits per heavy atom. The van der Waals surface area contributed by atoms with E-state index in [0.717, 1.165) is 11.3 Å². The fraction of sp³-hybridized carbons (Fsp3) is 0. The summed E-state index contributed by atoms with van der Waals surface area (Å²) >= 11 is 5.67. The van der Waals surface area contributed by atoms with E-state index in [9.17, 15) is 5.11 Å². The average molecular weight is 210 g/mol. The number of nitrogens with one attached hydrogen (secondary N) is 1. The molecular weight excluding hydrogens is 202 g/mol. The van der Waals surface area contributed by atoms with E-state index in [4.69, 9.17) is 17.3 Å². The summed E-state index contributed by atoms with van der Waals surface area (Å²) in [5, 5.41) is 9.69. The van der Waals surface area contributed by atoms with Gasteiger partial charge in [0, 0.05) is 5.56 Å². The number of nitrogen functional groups attached to an aromatic ring is 1. The summed E-state index contributed by atoms with van der Waals surface area (Å²) in [5.41, 5.74) is 6.96. The minimum Gasteiger partial charge on any atom is -0.506 e. The molecule has 0 aliphatic heterocycles. The minimum absolute atomic E-state index is 0.0392. The standard InChI is InChI=1S/C9H8ClN3O/c10-6-2-1-5(3-8(6)14)7-4-12-9(11)13-7/h1-4,14H,(H3,11,12,13). The monoisotopic (exact) mass is 209 g/mol. The van der Waals surface area contributed by atoms with Gasteiger partial charge in [0.15, 0.2) is 5.95 Å². The number of anilines is 1. The molecule has 4 nitrogen and oxygen atoms in total. The highest BCUT2D eigenvalue weighted by atomic mass is 35.5. The third kappa shape index (κ3) is 1.52. The van der Waals surface area contributed by atoms with E-state index in [-0.39, 0.29) is 5.75 Å². The maximum atomic E-state index is 9.37. The van der Waals surface area contributed by atoms with Crippen LogP contribution >= 0.6 is 11.6 Å². The van der Waals surface area contributed by atoms with E-state index in [0.29, 0.717) is 11.0 Å². The summed E-state index contributed by atoms with van der Waals surface area (Å²) < 4.78 is 0. The second-order valence-corrected chi connectivity index (χ2v) is 3.26. The molecule has 2 rings (SSSR count). The first-order valence-electron chi connectivity index (χ1n) is 3.96.